The zero-order chi connectivity index (χ0) is 10.4. The van der Waals surface area contributed by atoms with E-state index in [0.717, 1.165) is 10.8 Å². The molecule has 2 heterocycles. The van der Waals surface area contributed by atoms with Gasteiger partial charge in [-0.25, -0.2) is 0 Å². The Labute approximate surface area is 85.6 Å². The maximum absolute atomic E-state index is 11.3. The Hall–Kier alpha value is -1.94. The van der Waals surface area contributed by atoms with Crippen molar-refractivity contribution in [2.45, 2.75) is 6.10 Å². The Kier molecular flexibility index (Phi) is 1.55. The first-order valence-electron chi connectivity index (χ1n) is 4.63. The van der Waals surface area contributed by atoms with Gasteiger partial charge in [-0.05, 0) is 11.5 Å². The molecule has 1 atom stereocenters. The highest BCUT2D eigenvalue weighted by Crippen LogP contribution is 2.36. The summed E-state index contributed by atoms with van der Waals surface area (Å²) in [6.07, 6.45) is 2.33. The summed E-state index contributed by atoms with van der Waals surface area (Å²) in [4.78, 5) is 15.3. The van der Waals surface area contributed by atoms with Crippen LogP contribution in [0.1, 0.15) is 11.7 Å². The molecule has 15 heavy (non-hydrogen) atoms. The Morgan fingerprint density at radius 1 is 1.33 bits per heavy atom. The zero-order valence-electron chi connectivity index (χ0n) is 7.77. The second kappa shape index (κ2) is 2.77. The minimum absolute atomic E-state index is 0.374. The predicted molar refractivity (Wildman–Crippen MR) is 55.3 cm³/mol. The average molecular weight is 200 g/mol. The van der Waals surface area contributed by atoms with E-state index < -0.39 is 6.10 Å². The molecule has 0 radical (unpaired) electrons. The monoisotopic (exact) mass is 200 g/mol. The van der Waals surface area contributed by atoms with Crippen molar-refractivity contribution in [3.8, 4) is 0 Å². The summed E-state index contributed by atoms with van der Waals surface area (Å²) in [6.45, 7) is 0. The minimum atomic E-state index is -1.05. The molecule has 0 fully saturated rings. The van der Waals surface area contributed by atoms with Crippen molar-refractivity contribution in [1.29, 1.82) is 0 Å². The number of fused-ring (bicyclic) bond motifs is 3. The number of benzene rings is 1. The van der Waals surface area contributed by atoms with E-state index in [9.17, 15) is 9.90 Å². The van der Waals surface area contributed by atoms with Crippen LogP contribution >= 0.6 is 0 Å². The average Bonchev–Trinajstić information content (AvgIpc) is 2.56. The standard InChI is InChI=1S/C11H8N2O2/c14-10-7-2-1-6-3-4-12-5-8(6)9(7)13-11(10)15/h1-5,10,14H,(H,13,15). The maximum Gasteiger partial charge on any atom is 0.257 e. The second-order valence-electron chi connectivity index (χ2n) is 3.52. The first-order valence-corrected chi connectivity index (χ1v) is 4.63. The van der Waals surface area contributed by atoms with Crippen molar-refractivity contribution in [1.82, 2.24) is 4.98 Å². The number of hydrogen-bond donors (Lipinski definition) is 2. The molecule has 0 spiro atoms. The number of nitrogens with one attached hydrogen (secondary N) is 1. The van der Waals surface area contributed by atoms with Gasteiger partial charge in [0.25, 0.3) is 5.91 Å². The molecule has 0 aliphatic carbocycles. The Morgan fingerprint density at radius 2 is 2.20 bits per heavy atom. The lowest BCUT2D eigenvalue weighted by molar-refractivity contribution is -0.123. The van der Waals surface area contributed by atoms with Crippen molar-refractivity contribution in [2.24, 2.45) is 0 Å². The number of aliphatic hydroxyl groups excluding tert-OH is 1. The maximum atomic E-state index is 11.3. The van der Waals surface area contributed by atoms with Crippen LogP contribution in [0.4, 0.5) is 5.69 Å². The van der Waals surface area contributed by atoms with Crippen LogP contribution in [0.5, 0.6) is 0 Å². The van der Waals surface area contributed by atoms with Crippen molar-refractivity contribution >= 4 is 22.4 Å². The summed E-state index contributed by atoms with van der Waals surface area (Å²) >= 11 is 0. The highest BCUT2D eigenvalue weighted by Gasteiger charge is 2.29. The van der Waals surface area contributed by atoms with Crippen LogP contribution in [0.25, 0.3) is 10.8 Å². The molecule has 0 bridgehead atoms. The number of pyridine rings is 1. The Bertz CT molecular complexity index is 566. The van der Waals surface area contributed by atoms with E-state index in [1.54, 1.807) is 18.5 Å². The lowest BCUT2D eigenvalue weighted by Crippen LogP contribution is -2.10. The van der Waals surface area contributed by atoms with Crippen LogP contribution in [0.2, 0.25) is 0 Å². The number of hydrogen-bond acceptors (Lipinski definition) is 3. The first kappa shape index (κ1) is 8.38. The molecule has 1 aromatic heterocycles. The van der Waals surface area contributed by atoms with Gasteiger partial charge in [0.2, 0.25) is 0 Å². The first-order chi connectivity index (χ1) is 7.27. The number of carbonyl (C=O) groups is 1. The minimum Gasteiger partial charge on any atom is -0.378 e. The second-order valence-corrected chi connectivity index (χ2v) is 3.52. The highest BCUT2D eigenvalue weighted by molar-refractivity contribution is 6.10. The Balaban J connectivity index is 2.38. The summed E-state index contributed by atoms with van der Waals surface area (Å²) in [6, 6.07) is 5.51. The number of aliphatic hydroxyl groups is 1. The number of anilines is 1. The van der Waals surface area contributed by atoms with E-state index >= 15 is 0 Å². The molecule has 1 amide bonds. The smallest absolute Gasteiger partial charge is 0.257 e. The highest BCUT2D eigenvalue weighted by atomic mass is 16.3. The van der Waals surface area contributed by atoms with Gasteiger partial charge in [-0.1, -0.05) is 12.1 Å². The molecule has 1 aliphatic rings. The molecule has 74 valence electrons. The molecule has 1 aromatic carbocycles. The molecule has 2 N–H and O–H groups in total. The van der Waals surface area contributed by atoms with Gasteiger partial charge in [-0.3, -0.25) is 9.78 Å². The molecule has 3 rings (SSSR count). The summed E-state index contributed by atoms with van der Waals surface area (Å²) in [5.41, 5.74) is 1.30. The van der Waals surface area contributed by atoms with Crippen LogP contribution in [0.15, 0.2) is 30.6 Å². The van der Waals surface area contributed by atoms with Crippen molar-refractivity contribution in [2.75, 3.05) is 5.32 Å². The van der Waals surface area contributed by atoms with Crippen LogP contribution in [-0.2, 0) is 4.79 Å². The van der Waals surface area contributed by atoms with Crippen LogP contribution in [0.3, 0.4) is 0 Å². The van der Waals surface area contributed by atoms with E-state index in [2.05, 4.69) is 10.3 Å². The molecule has 0 saturated heterocycles. The summed E-state index contributed by atoms with van der Waals surface area (Å²) in [5.74, 6) is -0.374. The fourth-order valence-corrected chi connectivity index (χ4v) is 1.88. The molecule has 2 aromatic rings. The van der Waals surface area contributed by atoms with Gasteiger partial charge in [0, 0.05) is 23.3 Å². The third-order valence-corrected chi connectivity index (χ3v) is 2.65. The normalized spacial score (nSPS) is 19.0. The van der Waals surface area contributed by atoms with Gasteiger partial charge in [-0.2, -0.15) is 0 Å². The zero-order valence-corrected chi connectivity index (χ0v) is 7.77. The van der Waals surface area contributed by atoms with Gasteiger partial charge in [0.1, 0.15) is 0 Å². The number of amides is 1. The number of carbonyl (C=O) groups excluding carboxylic acids is 1. The molecule has 4 heteroatoms. The fraction of sp³-hybridized carbons (Fsp3) is 0.0909. The van der Waals surface area contributed by atoms with Crippen molar-refractivity contribution in [3.05, 3.63) is 36.2 Å². The van der Waals surface area contributed by atoms with Crippen LogP contribution in [-0.4, -0.2) is 16.0 Å². The topological polar surface area (TPSA) is 62.2 Å². The molecule has 1 aliphatic heterocycles. The van der Waals surface area contributed by atoms with Crippen LogP contribution < -0.4 is 5.32 Å². The van der Waals surface area contributed by atoms with E-state index in [0.29, 0.717) is 11.3 Å². The third kappa shape index (κ3) is 1.05. The van der Waals surface area contributed by atoms with Gasteiger partial charge >= 0.3 is 0 Å². The molecule has 1 unspecified atom stereocenters. The predicted octanol–water partition coefficient (Wildman–Crippen LogP) is 1.22. The van der Waals surface area contributed by atoms with E-state index in [-0.39, 0.29) is 5.91 Å². The van der Waals surface area contributed by atoms with Crippen LogP contribution in [0, 0.1) is 0 Å². The Morgan fingerprint density at radius 3 is 3.07 bits per heavy atom. The van der Waals surface area contributed by atoms with Gasteiger partial charge < -0.3 is 10.4 Å². The molecular formula is C11H8N2O2. The number of nitrogens with zero attached hydrogens (tertiary/aromatic N) is 1. The fourth-order valence-electron chi connectivity index (χ4n) is 1.88. The lowest BCUT2D eigenvalue weighted by Gasteiger charge is -2.03. The van der Waals surface area contributed by atoms with Crippen molar-refractivity contribution < 1.29 is 9.90 Å². The molecular weight excluding hydrogens is 192 g/mol. The SMILES string of the molecule is O=C1Nc2c(ccc3ccncc23)C1O. The summed E-state index contributed by atoms with van der Waals surface area (Å²) in [5, 5.41) is 14.1. The van der Waals surface area contributed by atoms with Gasteiger partial charge in [0.15, 0.2) is 6.10 Å². The molecule has 4 nitrogen and oxygen atoms in total. The third-order valence-electron chi connectivity index (χ3n) is 2.65. The van der Waals surface area contributed by atoms with E-state index in [1.165, 1.54) is 0 Å². The molecule has 0 saturated carbocycles. The lowest BCUT2D eigenvalue weighted by atomic mass is 10.1. The summed E-state index contributed by atoms with van der Waals surface area (Å²) < 4.78 is 0. The number of aromatic nitrogens is 1. The van der Waals surface area contributed by atoms with Crippen molar-refractivity contribution in [3.63, 3.8) is 0 Å². The van der Waals surface area contributed by atoms with Gasteiger partial charge in [0.05, 0.1) is 5.69 Å². The van der Waals surface area contributed by atoms with Gasteiger partial charge in [-0.15, -0.1) is 0 Å². The number of rotatable bonds is 0. The quantitative estimate of drug-likeness (QED) is 0.672. The van der Waals surface area contributed by atoms with E-state index in [4.69, 9.17) is 0 Å². The van der Waals surface area contributed by atoms with E-state index in [1.807, 2.05) is 12.1 Å². The largest absolute Gasteiger partial charge is 0.378 e. The summed E-state index contributed by atoms with van der Waals surface area (Å²) in [7, 11) is 0.